The van der Waals surface area contributed by atoms with E-state index in [4.69, 9.17) is 6.57 Å². The summed E-state index contributed by atoms with van der Waals surface area (Å²) in [6, 6.07) is 17.0. The fourth-order valence-electron chi connectivity index (χ4n) is 2.41. The zero-order chi connectivity index (χ0) is 16.7. The van der Waals surface area contributed by atoms with Crippen molar-refractivity contribution in [2.24, 2.45) is 0 Å². The van der Waals surface area contributed by atoms with Gasteiger partial charge in [-0.25, -0.2) is 6.57 Å². The summed E-state index contributed by atoms with van der Waals surface area (Å²) in [5, 5.41) is 2.88. The number of carbonyl (C=O) groups is 1. The second-order valence-electron chi connectivity index (χ2n) is 5.11. The highest BCUT2D eigenvalue weighted by molar-refractivity contribution is 9.10. The van der Waals surface area contributed by atoms with E-state index in [1.54, 1.807) is 12.1 Å². The first-order valence-corrected chi connectivity index (χ1v) is 8.00. The van der Waals surface area contributed by atoms with Crippen molar-refractivity contribution in [2.45, 2.75) is 18.5 Å². The minimum Gasteiger partial charge on any atom is -0.345 e. The van der Waals surface area contributed by atoms with Gasteiger partial charge in [-0.15, -0.1) is 6.58 Å². The Bertz CT molecular complexity index is 737. The van der Waals surface area contributed by atoms with Gasteiger partial charge in [-0.3, -0.25) is 9.64 Å². The highest BCUT2D eigenvalue weighted by atomic mass is 79.9. The molecule has 0 aliphatic rings. The molecule has 0 aromatic heterocycles. The molecule has 2 rings (SSSR count). The second kappa shape index (κ2) is 7.75. The van der Waals surface area contributed by atoms with Crippen molar-refractivity contribution in [3.8, 4) is 0 Å². The van der Waals surface area contributed by atoms with Crippen molar-refractivity contribution in [3.05, 3.63) is 94.3 Å². The van der Waals surface area contributed by atoms with Crippen LogP contribution in [0.1, 0.15) is 17.5 Å². The molecule has 1 amide bonds. The van der Waals surface area contributed by atoms with Crippen molar-refractivity contribution in [2.75, 3.05) is 0 Å². The molecule has 2 aromatic rings. The SMILES string of the molecule is [C-]#[N+][C@](CC=C)(C(=O)NCc1ccccc1)c1ccccc1Br. The Morgan fingerprint density at radius 2 is 1.87 bits per heavy atom. The molecule has 2 aromatic carbocycles. The van der Waals surface area contributed by atoms with Crippen LogP contribution < -0.4 is 5.32 Å². The molecule has 0 bridgehead atoms. The number of nitrogens with zero attached hydrogens (tertiary/aromatic N) is 1. The maximum atomic E-state index is 12.8. The Kier molecular flexibility index (Phi) is 5.72. The molecule has 0 aliphatic heterocycles. The molecule has 4 heteroatoms. The molecule has 116 valence electrons. The van der Waals surface area contributed by atoms with E-state index in [1.165, 1.54) is 0 Å². The molecule has 0 unspecified atom stereocenters. The van der Waals surface area contributed by atoms with Crippen molar-refractivity contribution in [1.29, 1.82) is 0 Å². The number of nitrogens with one attached hydrogen (secondary N) is 1. The highest BCUT2D eigenvalue weighted by Gasteiger charge is 2.47. The van der Waals surface area contributed by atoms with Crippen LogP contribution in [0.25, 0.3) is 4.85 Å². The molecule has 1 atom stereocenters. The summed E-state index contributed by atoms with van der Waals surface area (Å²) in [6.45, 7) is 11.8. The van der Waals surface area contributed by atoms with E-state index in [1.807, 2.05) is 48.5 Å². The molecule has 0 radical (unpaired) electrons. The zero-order valence-corrected chi connectivity index (χ0v) is 14.2. The van der Waals surface area contributed by atoms with Gasteiger partial charge in [0.25, 0.3) is 0 Å². The van der Waals surface area contributed by atoms with E-state index in [0.717, 1.165) is 10.0 Å². The molecule has 0 spiro atoms. The monoisotopic (exact) mass is 368 g/mol. The minimum absolute atomic E-state index is 0.250. The second-order valence-corrected chi connectivity index (χ2v) is 5.97. The fraction of sp³-hybridized carbons (Fsp3) is 0.158. The predicted molar refractivity (Wildman–Crippen MR) is 95.5 cm³/mol. The van der Waals surface area contributed by atoms with Gasteiger partial charge < -0.3 is 5.32 Å². The molecule has 3 nitrogen and oxygen atoms in total. The van der Waals surface area contributed by atoms with Crippen LogP contribution in [0.2, 0.25) is 0 Å². The van der Waals surface area contributed by atoms with Gasteiger partial charge in [-0.2, -0.15) is 0 Å². The lowest BCUT2D eigenvalue weighted by atomic mass is 9.86. The van der Waals surface area contributed by atoms with Gasteiger partial charge in [0.2, 0.25) is 0 Å². The lowest BCUT2D eigenvalue weighted by Gasteiger charge is -2.21. The average molecular weight is 369 g/mol. The maximum absolute atomic E-state index is 12.8. The first kappa shape index (κ1) is 17.0. The van der Waals surface area contributed by atoms with E-state index in [-0.39, 0.29) is 12.3 Å². The zero-order valence-electron chi connectivity index (χ0n) is 12.6. The minimum atomic E-state index is -1.31. The fourth-order valence-corrected chi connectivity index (χ4v) is 3.02. The van der Waals surface area contributed by atoms with Crippen molar-refractivity contribution < 1.29 is 4.79 Å². The van der Waals surface area contributed by atoms with Crippen LogP contribution in [0.5, 0.6) is 0 Å². The predicted octanol–water partition coefficient (Wildman–Crippen LogP) is 4.46. The molecular weight excluding hydrogens is 352 g/mol. The van der Waals surface area contributed by atoms with Crippen LogP contribution in [0.15, 0.2) is 71.7 Å². The number of hydrogen-bond acceptors (Lipinski definition) is 1. The first-order valence-electron chi connectivity index (χ1n) is 7.21. The Labute approximate surface area is 145 Å². The van der Waals surface area contributed by atoms with Crippen LogP contribution in [0.4, 0.5) is 0 Å². The quantitative estimate of drug-likeness (QED) is 0.592. The largest absolute Gasteiger partial charge is 0.345 e. The van der Waals surface area contributed by atoms with E-state index >= 15 is 0 Å². The lowest BCUT2D eigenvalue weighted by Crippen LogP contribution is -2.42. The summed E-state index contributed by atoms with van der Waals surface area (Å²) in [5.41, 5.74) is 0.335. The van der Waals surface area contributed by atoms with Gasteiger partial charge in [0.05, 0.1) is 12.0 Å². The number of benzene rings is 2. The molecule has 0 fully saturated rings. The summed E-state index contributed by atoms with van der Waals surface area (Å²) >= 11 is 3.45. The maximum Gasteiger partial charge on any atom is 0.338 e. The summed E-state index contributed by atoms with van der Waals surface area (Å²) in [5.74, 6) is -0.317. The molecule has 0 saturated heterocycles. The Hall–Kier alpha value is -2.38. The van der Waals surface area contributed by atoms with Crippen molar-refractivity contribution in [3.63, 3.8) is 0 Å². The number of halogens is 1. The number of carbonyl (C=O) groups excluding carboxylic acids is 1. The lowest BCUT2D eigenvalue weighted by molar-refractivity contribution is -0.125. The third-order valence-electron chi connectivity index (χ3n) is 3.62. The van der Waals surface area contributed by atoms with Gasteiger partial charge in [0, 0.05) is 11.0 Å². The summed E-state index contributed by atoms with van der Waals surface area (Å²) in [6.07, 6.45) is 1.86. The van der Waals surface area contributed by atoms with Crippen LogP contribution >= 0.6 is 15.9 Å². The molecule has 0 aliphatic carbocycles. The average Bonchev–Trinajstić information content (AvgIpc) is 2.59. The van der Waals surface area contributed by atoms with Crippen LogP contribution in [0.3, 0.4) is 0 Å². The van der Waals surface area contributed by atoms with Crippen LogP contribution in [0, 0.1) is 6.57 Å². The summed E-state index contributed by atoms with van der Waals surface area (Å²) in [4.78, 5) is 16.5. The Balaban J connectivity index is 2.31. The third-order valence-corrected chi connectivity index (χ3v) is 4.31. The third kappa shape index (κ3) is 3.69. The van der Waals surface area contributed by atoms with Gasteiger partial charge >= 0.3 is 11.4 Å². The van der Waals surface area contributed by atoms with Gasteiger partial charge in [0.1, 0.15) is 0 Å². The van der Waals surface area contributed by atoms with E-state index in [2.05, 4.69) is 32.7 Å². The summed E-state index contributed by atoms with van der Waals surface area (Å²) in [7, 11) is 0. The highest BCUT2D eigenvalue weighted by Crippen LogP contribution is 2.35. The number of amides is 1. The van der Waals surface area contributed by atoms with E-state index in [0.29, 0.717) is 12.1 Å². The molecule has 23 heavy (non-hydrogen) atoms. The first-order chi connectivity index (χ1) is 11.1. The van der Waals surface area contributed by atoms with Gasteiger partial charge in [0.15, 0.2) is 0 Å². The molecular formula is C19H17BrN2O. The van der Waals surface area contributed by atoms with E-state index < -0.39 is 5.54 Å². The topological polar surface area (TPSA) is 33.5 Å². The molecule has 0 heterocycles. The smallest absolute Gasteiger partial charge is 0.338 e. The standard InChI is InChI=1S/C19H17BrN2O/c1-3-13-19(21-2,16-11-7-8-12-17(16)20)18(23)22-14-15-9-5-4-6-10-15/h3-12H,1,13-14H2,(H,22,23)/t19-/m0/s1. The molecule has 1 N–H and O–H groups in total. The van der Waals surface area contributed by atoms with Crippen molar-refractivity contribution >= 4 is 21.8 Å². The summed E-state index contributed by atoms with van der Waals surface area (Å²) < 4.78 is 0.743. The van der Waals surface area contributed by atoms with Crippen LogP contribution in [-0.4, -0.2) is 5.91 Å². The number of hydrogen-bond donors (Lipinski definition) is 1. The van der Waals surface area contributed by atoms with Gasteiger partial charge in [-0.1, -0.05) is 64.5 Å². The normalized spacial score (nSPS) is 12.7. The Morgan fingerprint density at radius 3 is 2.48 bits per heavy atom. The van der Waals surface area contributed by atoms with E-state index in [9.17, 15) is 4.79 Å². The van der Waals surface area contributed by atoms with Crippen molar-refractivity contribution in [1.82, 2.24) is 5.32 Å². The Morgan fingerprint density at radius 1 is 1.22 bits per heavy atom. The number of rotatable bonds is 6. The van der Waals surface area contributed by atoms with Gasteiger partial charge in [-0.05, 0) is 17.7 Å². The van der Waals surface area contributed by atoms with Crippen LogP contribution in [-0.2, 0) is 16.9 Å². The molecule has 0 saturated carbocycles.